The quantitative estimate of drug-likeness (QED) is 0.114. The Labute approximate surface area is 332 Å². The van der Waals surface area contributed by atoms with Crippen LogP contribution in [0.1, 0.15) is 0 Å². The van der Waals surface area contributed by atoms with Gasteiger partial charge in [0.2, 0.25) is 0 Å². The number of hydrogen-bond donors (Lipinski definition) is 1. The lowest BCUT2D eigenvalue weighted by molar-refractivity contribution is -0.137. The third-order valence-electron chi connectivity index (χ3n) is 10.7. The lowest BCUT2D eigenvalue weighted by atomic mass is 10.1. The highest BCUT2D eigenvalue weighted by Gasteiger charge is 2.22. The smallest absolute Gasteiger partial charge is 0.166 e. The van der Waals surface area contributed by atoms with E-state index in [0.717, 1.165) is 83.2 Å². The van der Waals surface area contributed by atoms with Crippen LogP contribution in [0.4, 0.5) is 0 Å². The summed E-state index contributed by atoms with van der Waals surface area (Å²) < 4.78 is 21.4. The van der Waals surface area contributed by atoms with Crippen LogP contribution < -0.4 is 19.1 Å². The summed E-state index contributed by atoms with van der Waals surface area (Å²) in [5.74, 6) is 4.13. The maximum Gasteiger partial charge on any atom is 0.166 e. The standard InChI is InChI=1S/C48H35N5O5/c1-55-30-17-21-42-36(25-30)37-26-31(56-2)18-22-43(37)52(42)40-15-9-7-13-34(40)47-49-46(29-11-5-4-6-12-29)50-48(51-47)35-14-8-10-16-41(35)53-44-23-19-32(57-3)27-38(44)39-28-33(58-54)20-24-45(39)53/h4-28,54H,1-3H3. The van der Waals surface area contributed by atoms with Gasteiger partial charge in [0.1, 0.15) is 17.2 Å². The first kappa shape index (κ1) is 34.8. The number of fused-ring (bicyclic) bond motifs is 6. The van der Waals surface area contributed by atoms with E-state index in [9.17, 15) is 5.26 Å². The minimum atomic E-state index is 0.331. The van der Waals surface area contributed by atoms with Crippen molar-refractivity contribution in [1.29, 1.82) is 0 Å². The summed E-state index contributed by atoms with van der Waals surface area (Å²) in [7, 11) is 5.00. The number of para-hydroxylation sites is 2. The number of benzene rings is 7. The van der Waals surface area contributed by atoms with Crippen molar-refractivity contribution in [2.45, 2.75) is 0 Å². The molecule has 0 fully saturated rings. The van der Waals surface area contributed by atoms with Crippen molar-refractivity contribution in [1.82, 2.24) is 24.1 Å². The highest BCUT2D eigenvalue weighted by atomic mass is 17.1. The lowest BCUT2D eigenvalue weighted by Gasteiger charge is -2.16. The fraction of sp³-hybridized carbons (Fsp3) is 0.0625. The van der Waals surface area contributed by atoms with Gasteiger partial charge < -0.3 is 28.2 Å². The molecule has 1 N–H and O–H groups in total. The summed E-state index contributed by atoms with van der Waals surface area (Å²) in [5.41, 5.74) is 8.08. The van der Waals surface area contributed by atoms with E-state index >= 15 is 0 Å². The summed E-state index contributed by atoms with van der Waals surface area (Å²) in [5, 5.41) is 13.5. The zero-order valence-corrected chi connectivity index (χ0v) is 31.8. The first-order valence-electron chi connectivity index (χ1n) is 18.7. The summed E-state index contributed by atoms with van der Waals surface area (Å²) in [6.45, 7) is 0. The van der Waals surface area contributed by atoms with E-state index in [1.807, 2.05) is 103 Å². The molecule has 0 aliphatic rings. The number of rotatable bonds is 9. The average molecular weight is 762 g/mol. The van der Waals surface area contributed by atoms with Crippen molar-refractivity contribution >= 4 is 43.6 Å². The van der Waals surface area contributed by atoms with E-state index in [1.165, 1.54) is 0 Å². The molecule has 10 heteroatoms. The van der Waals surface area contributed by atoms with Crippen LogP contribution in [0.15, 0.2) is 152 Å². The molecular formula is C48H35N5O5. The van der Waals surface area contributed by atoms with Crippen LogP contribution in [0.25, 0.3) is 89.2 Å². The second kappa shape index (κ2) is 14.1. The first-order valence-corrected chi connectivity index (χ1v) is 18.7. The molecule has 282 valence electrons. The molecule has 0 amide bonds. The summed E-state index contributed by atoms with van der Waals surface area (Å²) in [6.07, 6.45) is 0. The van der Waals surface area contributed by atoms with Crippen LogP contribution in [0.2, 0.25) is 0 Å². The molecule has 7 aromatic carbocycles. The zero-order chi connectivity index (χ0) is 39.3. The van der Waals surface area contributed by atoms with Gasteiger partial charge in [0.25, 0.3) is 0 Å². The molecular weight excluding hydrogens is 727 g/mol. The molecule has 0 spiro atoms. The zero-order valence-electron chi connectivity index (χ0n) is 31.8. The van der Waals surface area contributed by atoms with Crippen LogP contribution in [0.5, 0.6) is 23.0 Å². The molecule has 0 aliphatic carbocycles. The molecule has 0 aliphatic heterocycles. The second-order valence-electron chi connectivity index (χ2n) is 13.8. The van der Waals surface area contributed by atoms with Gasteiger partial charge in [-0.25, -0.2) is 20.2 Å². The number of hydrogen-bond acceptors (Lipinski definition) is 8. The fourth-order valence-corrected chi connectivity index (χ4v) is 7.97. The predicted molar refractivity (Wildman–Crippen MR) is 228 cm³/mol. The topological polar surface area (TPSA) is 106 Å². The molecule has 3 aromatic heterocycles. The van der Waals surface area contributed by atoms with Crippen LogP contribution >= 0.6 is 0 Å². The summed E-state index contributed by atoms with van der Waals surface area (Å²) in [4.78, 5) is 20.3. The molecule has 0 unspecified atom stereocenters. The number of methoxy groups -OCH3 is 3. The monoisotopic (exact) mass is 761 g/mol. The van der Waals surface area contributed by atoms with Gasteiger partial charge in [-0.1, -0.05) is 54.6 Å². The van der Waals surface area contributed by atoms with Gasteiger partial charge in [0.15, 0.2) is 23.2 Å². The van der Waals surface area contributed by atoms with Crippen molar-refractivity contribution in [3.8, 4) is 68.5 Å². The molecule has 10 nitrogen and oxygen atoms in total. The molecule has 0 bridgehead atoms. The minimum absolute atomic E-state index is 0.331. The van der Waals surface area contributed by atoms with E-state index in [-0.39, 0.29) is 0 Å². The van der Waals surface area contributed by atoms with E-state index in [0.29, 0.717) is 29.0 Å². The van der Waals surface area contributed by atoms with Crippen LogP contribution in [0.3, 0.4) is 0 Å². The Morgan fingerprint density at radius 1 is 0.397 bits per heavy atom. The van der Waals surface area contributed by atoms with Gasteiger partial charge in [-0.3, -0.25) is 0 Å². The molecule has 10 aromatic rings. The molecule has 0 saturated heterocycles. The molecule has 0 saturated carbocycles. The minimum Gasteiger partial charge on any atom is -0.497 e. The molecule has 0 radical (unpaired) electrons. The molecule has 10 rings (SSSR count). The highest BCUT2D eigenvalue weighted by molar-refractivity contribution is 6.12. The van der Waals surface area contributed by atoms with Crippen molar-refractivity contribution in [2.24, 2.45) is 0 Å². The Morgan fingerprint density at radius 3 is 1.17 bits per heavy atom. The number of aromatic nitrogens is 5. The van der Waals surface area contributed by atoms with Crippen molar-refractivity contribution in [3.63, 3.8) is 0 Å². The van der Waals surface area contributed by atoms with Gasteiger partial charge >= 0.3 is 0 Å². The van der Waals surface area contributed by atoms with Crippen molar-refractivity contribution in [2.75, 3.05) is 21.3 Å². The third kappa shape index (κ3) is 5.65. The van der Waals surface area contributed by atoms with Gasteiger partial charge in [-0.15, -0.1) is 0 Å². The summed E-state index contributed by atoms with van der Waals surface area (Å²) in [6, 6.07) is 50.0. The predicted octanol–water partition coefficient (Wildman–Crippen LogP) is 10.9. The molecule has 3 heterocycles. The van der Waals surface area contributed by atoms with Gasteiger partial charge in [0, 0.05) is 38.2 Å². The second-order valence-corrected chi connectivity index (χ2v) is 13.8. The number of nitrogens with zero attached hydrogens (tertiary/aromatic N) is 5. The van der Waals surface area contributed by atoms with Crippen LogP contribution in [-0.2, 0) is 0 Å². The first-order chi connectivity index (χ1) is 28.6. The van der Waals surface area contributed by atoms with Gasteiger partial charge in [0.05, 0.1) is 54.8 Å². The van der Waals surface area contributed by atoms with Crippen LogP contribution in [-0.4, -0.2) is 50.7 Å². The maximum absolute atomic E-state index is 9.59. The Kier molecular flexibility index (Phi) is 8.46. The molecule has 0 atom stereocenters. The Morgan fingerprint density at radius 2 is 0.759 bits per heavy atom. The highest BCUT2D eigenvalue weighted by Crippen LogP contribution is 2.41. The fourth-order valence-electron chi connectivity index (χ4n) is 7.97. The van der Waals surface area contributed by atoms with Crippen molar-refractivity contribution < 1.29 is 24.4 Å². The Hall–Kier alpha value is -7.69. The molecule has 58 heavy (non-hydrogen) atoms. The van der Waals surface area contributed by atoms with E-state index in [1.54, 1.807) is 27.4 Å². The van der Waals surface area contributed by atoms with Crippen LogP contribution in [0, 0.1) is 0 Å². The number of ether oxygens (including phenoxy) is 3. The summed E-state index contributed by atoms with van der Waals surface area (Å²) >= 11 is 0. The maximum atomic E-state index is 9.59. The average Bonchev–Trinajstić information content (AvgIpc) is 3.79. The third-order valence-corrected chi connectivity index (χ3v) is 10.7. The lowest BCUT2D eigenvalue weighted by Crippen LogP contribution is -2.05. The van der Waals surface area contributed by atoms with E-state index < -0.39 is 0 Å². The van der Waals surface area contributed by atoms with Crippen molar-refractivity contribution in [3.05, 3.63) is 152 Å². The van der Waals surface area contributed by atoms with E-state index in [4.69, 9.17) is 29.2 Å². The SMILES string of the molecule is COc1ccc2c(c1)c1cc(OC)ccc1n2-c1ccccc1-c1nc(-c2ccccc2)nc(-c2ccccc2-n2c3ccc(OC)cc3c3cc(OO)ccc32)n1. The largest absolute Gasteiger partial charge is 0.497 e. The van der Waals surface area contributed by atoms with Gasteiger partial charge in [-0.2, -0.15) is 0 Å². The Balaban J connectivity index is 1.23. The normalized spacial score (nSPS) is 11.4. The Bertz CT molecular complexity index is 2880. The van der Waals surface area contributed by atoms with Gasteiger partial charge in [-0.05, 0) is 97.1 Å². The van der Waals surface area contributed by atoms with E-state index in [2.05, 4.69) is 56.5 Å².